The molecule has 0 atom stereocenters. The predicted octanol–water partition coefficient (Wildman–Crippen LogP) is 2.11. The lowest BCUT2D eigenvalue weighted by molar-refractivity contribution is -0.130. The summed E-state index contributed by atoms with van der Waals surface area (Å²) in [5.41, 5.74) is 5.45. The van der Waals surface area contributed by atoms with Crippen molar-refractivity contribution < 1.29 is 13.2 Å². The van der Waals surface area contributed by atoms with Gasteiger partial charge in [0.15, 0.2) is 0 Å². The molecular weight excluding hydrogens is 373 g/mol. The number of hydrogen-bond acceptors (Lipinski definition) is 4. The monoisotopic (exact) mass is 395 g/mol. The summed E-state index contributed by atoms with van der Waals surface area (Å²) < 4.78 is 26.9. The van der Waals surface area contributed by atoms with E-state index in [-0.39, 0.29) is 39.2 Å². The van der Waals surface area contributed by atoms with E-state index in [0.717, 1.165) is 0 Å². The Morgan fingerprint density at radius 3 is 2.33 bits per heavy atom. The topological polar surface area (TPSA) is 92.5 Å². The molecule has 0 bridgehead atoms. The van der Waals surface area contributed by atoms with Crippen LogP contribution in [0.5, 0.6) is 0 Å². The molecule has 1 rings (SSSR count). The van der Waals surface area contributed by atoms with Crippen LogP contribution in [0, 0.1) is 5.41 Å². The first-order valence-corrected chi connectivity index (χ1v) is 9.62. The van der Waals surface area contributed by atoms with Crippen LogP contribution in [0.2, 0.25) is 10.0 Å². The van der Waals surface area contributed by atoms with Crippen molar-refractivity contribution in [2.45, 2.75) is 25.2 Å². The van der Waals surface area contributed by atoms with Gasteiger partial charge in [-0.2, -0.15) is 0 Å². The van der Waals surface area contributed by atoms with E-state index in [1.807, 2.05) is 13.8 Å². The zero-order valence-electron chi connectivity index (χ0n) is 14.0. The highest BCUT2D eigenvalue weighted by atomic mass is 35.5. The Hall–Kier alpha value is -0.860. The number of carbonyl (C=O) groups is 1. The lowest BCUT2D eigenvalue weighted by Crippen LogP contribution is -2.40. The van der Waals surface area contributed by atoms with Gasteiger partial charge in [-0.25, -0.2) is 13.1 Å². The van der Waals surface area contributed by atoms with Gasteiger partial charge in [0.1, 0.15) is 4.90 Å². The van der Waals surface area contributed by atoms with Crippen molar-refractivity contribution in [1.82, 2.24) is 9.62 Å². The highest BCUT2D eigenvalue weighted by molar-refractivity contribution is 7.89. The summed E-state index contributed by atoms with van der Waals surface area (Å²) in [6, 6.07) is 4.44. The van der Waals surface area contributed by atoms with Gasteiger partial charge in [-0.15, -0.1) is 0 Å². The summed E-state index contributed by atoms with van der Waals surface area (Å²) in [7, 11) is -2.22. The normalized spacial score (nSPS) is 12.2. The molecule has 0 aliphatic rings. The average molecular weight is 396 g/mol. The van der Waals surface area contributed by atoms with Crippen molar-refractivity contribution in [3.05, 3.63) is 28.2 Å². The van der Waals surface area contributed by atoms with E-state index in [0.29, 0.717) is 13.1 Å². The molecule has 3 N–H and O–H groups in total. The minimum absolute atomic E-state index is 0.0262. The minimum Gasteiger partial charge on any atom is -0.345 e. The zero-order valence-corrected chi connectivity index (χ0v) is 16.3. The van der Waals surface area contributed by atoms with Crippen LogP contribution in [0.25, 0.3) is 0 Å². The van der Waals surface area contributed by atoms with E-state index in [2.05, 4.69) is 4.72 Å². The van der Waals surface area contributed by atoms with E-state index < -0.39 is 10.0 Å². The number of sulfonamides is 1. The predicted molar refractivity (Wildman–Crippen MR) is 96.7 cm³/mol. The number of hydrogen-bond donors (Lipinski definition) is 2. The van der Waals surface area contributed by atoms with Crippen molar-refractivity contribution in [2.75, 3.05) is 26.7 Å². The first kappa shape index (κ1) is 21.2. The molecule has 0 aliphatic heterocycles. The van der Waals surface area contributed by atoms with Gasteiger partial charge < -0.3 is 10.6 Å². The van der Waals surface area contributed by atoms with Gasteiger partial charge in [0.25, 0.3) is 0 Å². The summed E-state index contributed by atoms with van der Waals surface area (Å²) in [5, 5.41) is 0.0614. The van der Waals surface area contributed by atoms with E-state index >= 15 is 0 Å². The number of nitrogens with two attached hydrogens (primary N) is 1. The highest BCUT2D eigenvalue weighted by Crippen LogP contribution is 2.28. The van der Waals surface area contributed by atoms with Crippen LogP contribution in [0.4, 0.5) is 0 Å². The lowest BCUT2D eigenvalue weighted by Gasteiger charge is -2.29. The van der Waals surface area contributed by atoms with Crippen molar-refractivity contribution >= 4 is 39.1 Å². The van der Waals surface area contributed by atoms with Crippen LogP contribution in [0.1, 0.15) is 20.3 Å². The van der Waals surface area contributed by atoms with Gasteiger partial charge in [-0.1, -0.05) is 43.1 Å². The Morgan fingerprint density at radius 2 is 1.83 bits per heavy atom. The van der Waals surface area contributed by atoms with Crippen LogP contribution >= 0.6 is 23.2 Å². The Morgan fingerprint density at radius 1 is 1.29 bits per heavy atom. The molecule has 1 amide bonds. The molecule has 1 aromatic rings. The largest absolute Gasteiger partial charge is 0.345 e. The van der Waals surface area contributed by atoms with Gasteiger partial charge in [0.2, 0.25) is 15.9 Å². The first-order chi connectivity index (χ1) is 11.0. The SMILES string of the molecule is CN(CC(C)(C)CN)C(=O)CCNS(=O)(=O)c1c(Cl)cccc1Cl. The fraction of sp³-hybridized carbons (Fsp3) is 0.533. The number of carbonyl (C=O) groups excluding carboxylic acids is 1. The zero-order chi connectivity index (χ0) is 18.5. The maximum Gasteiger partial charge on any atom is 0.243 e. The molecule has 0 fully saturated rings. The van der Waals surface area contributed by atoms with E-state index in [1.54, 1.807) is 18.0 Å². The Kier molecular flexibility index (Phi) is 7.49. The number of halogens is 2. The van der Waals surface area contributed by atoms with Crippen molar-refractivity contribution in [2.24, 2.45) is 11.1 Å². The summed E-state index contributed by atoms with van der Waals surface area (Å²) in [6.07, 6.45) is 0.0262. The number of amides is 1. The maximum absolute atomic E-state index is 12.3. The smallest absolute Gasteiger partial charge is 0.243 e. The molecule has 136 valence electrons. The standard InChI is InChI=1S/C15H23Cl2N3O3S/c1-15(2,9-18)10-20(3)13(21)7-8-19-24(22,23)14-11(16)5-4-6-12(14)17/h4-6,19H,7-10,18H2,1-3H3. The van der Waals surface area contributed by atoms with Crippen LogP contribution in [-0.2, 0) is 14.8 Å². The van der Waals surface area contributed by atoms with E-state index in [9.17, 15) is 13.2 Å². The molecule has 0 saturated carbocycles. The van der Waals surface area contributed by atoms with Crippen LogP contribution in [0.3, 0.4) is 0 Å². The Bertz CT molecular complexity index is 673. The molecule has 0 radical (unpaired) electrons. The summed E-state index contributed by atoms with van der Waals surface area (Å²) >= 11 is 11.8. The lowest BCUT2D eigenvalue weighted by atomic mass is 9.93. The third-order valence-electron chi connectivity index (χ3n) is 3.46. The van der Waals surface area contributed by atoms with Gasteiger partial charge in [-0.3, -0.25) is 4.79 Å². The summed E-state index contributed by atoms with van der Waals surface area (Å²) in [6.45, 7) is 4.81. The average Bonchev–Trinajstić information content (AvgIpc) is 2.46. The van der Waals surface area contributed by atoms with Gasteiger partial charge in [0.05, 0.1) is 10.0 Å². The third kappa shape index (κ3) is 5.89. The van der Waals surface area contributed by atoms with Gasteiger partial charge in [0, 0.05) is 26.6 Å². The first-order valence-electron chi connectivity index (χ1n) is 7.38. The van der Waals surface area contributed by atoms with Crippen molar-refractivity contribution in [1.29, 1.82) is 0 Å². The fourth-order valence-electron chi connectivity index (χ4n) is 2.09. The molecule has 6 nitrogen and oxygen atoms in total. The molecule has 0 aromatic heterocycles. The molecule has 9 heteroatoms. The molecule has 24 heavy (non-hydrogen) atoms. The minimum atomic E-state index is -3.89. The van der Waals surface area contributed by atoms with Gasteiger partial charge >= 0.3 is 0 Å². The summed E-state index contributed by atoms with van der Waals surface area (Å²) in [4.78, 5) is 13.5. The fourth-order valence-corrected chi connectivity index (χ4v) is 4.26. The van der Waals surface area contributed by atoms with Crippen LogP contribution < -0.4 is 10.5 Å². The molecule has 1 aromatic carbocycles. The van der Waals surface area contributed by atoms with E-state index in [1.165, 1.54) is 12.1 Å². The van der Waals surface area contributed by atoms with Crippen molar-refractivity contribution in [3.8, 4) is 0 Å². The van der Waals surface area contributed by atoms with Crippen LogP contribution in [-0.4, -0.2) is 45.9 Å². The van der Waals surface area contributed by atoms with E-state index in [4.69, 9.17) is 28.9 Å². The number of nitrogens with one attached hydrogen (secondary N) is 1. The number of nitrogens with zero attached hydrogens (tertiary/aromatic N) is 1. The number of benzene rings is 1. The Balaban J connectivity index is 2.65. The second-order valence-corrected chi connectivity index (χ2v) is 8.83. The second kappa shape index (κ2) is 8.49. The molecule has 0 spiro atoms. The second-order valence-electron chi connectivity index (χ2n) is 6.32. The summed E-state index contributed by atoms with van der Waals surface area (Å²) in [5.74, 6) is -0.176. The van der Waals surface area contributed by atoms with Crippen LogP contribution in [0.15, 0.2) is 23.1 Å². The quantitative estimate of drug-likeness (QED) is 0.704. The molecule has 0 heterocycles. The molecule has 0 unspecified atom stereocenters. The van der Waals surface area contributed by atoms with Crippen molar-refractivity contribution in [3.63, 3.8) is 0 Å². The Labute approximate surface area is 153 Å². The molecular formula is C15H23Cl2N3O3S. The highest BCUT2D eigenvalue weighted by Gasteiger charge is 2.23. The third-order valence-corrected chi connectivity index (χ3v) is 5.88. The maximum atomic E-state index is 12.3. The molecule has 0 saturated heterocycles. The molecule has 0 aliphatic carbocycles. The number of rotatable bonds is 8. The van der Waals surface area contributed by atoms with Gasteiger partial charge in [-0.05, 0) is 24.1 Å².